The minimum atomic E-state index is -0.227. The highest BCUT2D eigenvalue weighted by atomic mass is 19.1. The van der Waals surface area contributed by atoms with Crippen LogP contribution in [0.1, 0.15) is 25.0 Å². The second-order valence-corrected chi connectivity index (χ2v) is 7.63. The van der Waals surface area contributed by atoms with E-state index in [2.05, 4.69) is 11.8 Å². The van der Waals surface area contributed by atoms with Crippen molar-refractivity contribution in [1.82, 2.24) is 9.80 Å². The summed E-state index contributed by atoms with van der Waals surface area (Å²) in [5, 5.41) is 0. The number of ether oxygens (including phenoxy) is 1. The summed E-state index contributed by atoms with van der Waals surface area (Å²) in [6.45, 7) is 8.22. The lowest BCUT2D eigenvalue weighted by Gasteiger charge is -2.44. The maximum absolute atomic E-state index is 13.1. The van der Waals surface area contributed by atoms with Crippen molar-refractivity contribution < 1.29 is 13.9 Å². The summed E-state index contributed by atoms with van der Waals surface area (Å²) >= 11 is 0. The highest BCUT2D eigenvalue weighted by molar-refractivity contribution is 5.78. The summed E-state index contributed by atoms with van der Waals surface area (Å²) in [6, 6.07) is 12.4. The van der Waals surface area contributed by atoms with Crippen LogP contribution in [0.4, 0.5) is 10.1 Å². The molecule has 2 atom stereocenters. The van der Waals surface area contributed by atoms with Gasteiger partial charge in [0.15, 0.2) is 6.61 Å². The van der Waals surface area contributed by atoms with Gasteiger partial charge in [0.25, 0.3) is 5.91 Å². The van der Waals surface area contributed by atoms with Gasteiger partial charge in [-0.1, -0.05) is 18.2 Å². The fourth-order valence-electron chi connectivity index (χ4n) is 3.58. The van der Waals surface area contributed by atoms with E-state index in [9.17, 15) is 9.18 Å². The average Bonchev–Trinajstić information content (AvgIpc) is 2.66. The number of amides is 1. The normalized spacial score (nSPS) is 20.2. The van der Waals surface area contributed by atoms with Crippen molar-refractivity contribution in [3.63, 3.8) is 0 Å². The van der Waals surface area contributed by atoms with E-state index in [-0.39, 0.29) is 30.4 Å². The maximum Gasteiger partial charge on any atom is 0.260 e. The van der Waals surface area contributed by atoms with E-state index in [1.54, 1.807) is 6.07 Å². The monoisotopic (exact) mass is 385 g/mol. The third kappa shape index (κ3) is 4.81. The topological polar surface area (TPSA) is 58.8 Å². The lowest BCUT2D eigenvalue weighted by atomic mass is 10.1. The SMILES string of the molecule is Cc1ccc(N)c(OCC(=O)N2C[C@H](C)N(Cc3ccc(F)cc3)C[C@H]2C)c1. The molecular formula is C22H28FN3O2. The van der Waals surface area contributed by atoms with Crippen molar-refractivity contribution in [3.05, 3.63) is 59.4 Å². The predicted molar refractivity (Wildman–Crippen MR) is 109 cm³/mol. The lowest BCUT2D eigenvalue weighted by molar-refractivity contribution is -0.139. The van der Waals surface area contributed by atoms with Crippen LogP contribution in [0, 0.1) is 12.7 Å². The van der Waals surface area contributed by atoms with Gasteiger partial charge in [-0.25, -0.2) is 4.39 Å². The number of aryl methyl sites for hydroxylation is 1. The summed E-state index contributed by atoms with van der Waals surface area (Å²) in [4.78, 5) is 16.9. The number of nitrogens with two attached hydrogens (primary N) is 1. The number of nitrogens with zero attached hydrogens (tertiary/aromatic N) is 2. The zero-order chi connectivity index (χ0) is 20.3. The third-order valence-electron chi connectivity index (χ3n) is 5.25. The van der Waals surface area contributed by atoms with Gasteiger partial charge in [-0.05, 0) is 56.2 Å². The van der Waals surface area contributed by atoms with Gasteiger partial charge in [-0.15, -0.1) is 0 Å². The highest BCUT2D eigenvalue weighted by Gasteiger charge is 2.32. The molecule has 150 valence electrons. The number of piperazine rings is 1. The Kier molecular flexibility index (Phi) is 6.19. The molecule has 2 aromatic rings. The third-order valence-corrected chi connectivity index (χ3v) is 5.25. The molecule has 0 aromatic heterocycles. The maximum atomic E-state index is 13.1. The smallest absolute Gasteiger partial charge is 0.260 e. The molecule has 1 saturated heterocycles. The number of anilines is 1. The van der Waals surface area contributed by atoms with E-state index in [1.807, 2.05) is 43.0 Å². The first kappa shape index (κ1) is 20.1. The number of carbonyl (C=O) groups is 1. The van der Waals surface area contributed by atoms with Gasteiger partial charge < -0.3 is 15.4 Å². The molecule has 28 heavy (non-hydrogen) atoms. The highest BCUT2D eigenvalue weighted by Crippen LogP contribution is 2.23. The van der Waals surface area contributed by atoms with Crippen LogP contribution in [0.2, 0.25) is 0 Å². The Morgan fingerprint density at radius 1 is 1.14 bits per heavy atom. The number of rotatable bonds is 5. The van der Waals surface area contributed by atoms with Crippen LogP contribution < -0.4 is 10.5 Å². The Labute approximate surface area is 165 Å². The number of carbonyl (C=O) groups excluding carboxylic acids is 1. The van der Waals surface area contributed by atoms with Gasteiger partial charge in [-0.2, -0.15) is 0 Å². The molecule has 1 aliphatic rings. The van der Waals surface area contributed by atoms with Gasteiger partial charge in [0, 0.05) is 31.7 Å². The van der Waals surface area contributed by atoms with E-state index in [4.69, 9.17) is 10.5 Å². The largest absolute Gasteiger partial charge is 0.482 e. The fraction of sp³-hybridized carbons (Fsp3) is 0.409. The van der Waals surface area contributed by atoms with Crippen LogP contribution in [0.15, 0.2) is 42.5 Å². The van der Waals surface area contributed by atoms with E-state index >= 15 is 0 Å². The van der Waals surface area contributed by atoms with Crippen molar-refractivity contribution in [2.45, 2.75) is 39.4 Å². The summed E-state index contributed by atoms with van der Waals surface area (Å²) in [5.41, 5.74) is 8.56. The van der Waals surface area contributed by atoms with Gasteiger partial charge in [0.2, 0.25) is 0 Å². The number of halogens is 1. The molecule has 1 amide bonds. The Bertz CT molecular complexity index is 825. The molecule has 1 aliphatic heterocycles. The van der Waals surface area contributed by atoms with Crippen LogP contribution in [0.3, 0.4) is 0 Å². The fourth-order valence-corrected chi connectivity index (χ4v) is 3.58. The molecule has 0 bridgehead atoms. The molecule has 0 radical (unpaired) electrons. The standard InChI is InChI=1S/C22H28FN3O2/c1-15-4-9-20(24)21(10-15)28-14-22(27)26-12-16(2)25(11-17(26)3)13-18-5-7-19(23)8-6-18/h4-10,16-17H,11-14,24H2,1-3H3/t16-,17+/m0/s1. The van der Waals surface area contributed by atoms with Crippen molar-refractivity contribution in [3.8, 4) is 5.75 Å². The molecule has 3 rings (SSSR count). The van der Waals surface area contributed by atoms with Crippen LogP contribution >= 0.6 is 0 Å². The molecule has 0 unspecified atom stereocenters. The van der Waals surface area contributed by atoms with E-state index < -0.39 is 0 Å². The molecule has 0 saturated carbocycles. The number of nitrogen functional groups attached to an aromatic ring is 1. The van der Waals surface area contributed by atoms with Crippen LogP contribution in [0.25, 0.3) is 0 Å². The summed E-state index contributed by atoms with van der Waals surface area (Å²) in [7, 11) is 0. The minimum absolute atomic E-state index is 0.0251. The molecule has 0 spiro atoms. The quantitative estimate of drug-likeness (QED) is 0.803. The second kappa shape index (κ2) is 8.61. The zero-order valence-corrected chi connectivity index (χ0v) is 16.7. The molecule has 1 fully saturated rings. The van der Waals surface area contributed by atoms with Crippen molar-refractivity contribution in [2.24, 2.45) is 0 Å². The average molecular weight is 385 g/mol. The van der Waals surface area contributed by atoms with E-state index in [0.717, 1.165) is 24.2 Å². The summed E-state index contributed by atoms with van der Waals surface area (Å²) in [6.07, 6.45) is 0. The van der Waals surface area contributed by atoms with Gasteiger partial charge in [-0.3, -0.25) is 9.69 Å². The lowest BCUT2D eigenvalue weighted by Crippen LogP contribution is -2.58. The molecule has 0 aliphatic carbocycles. The molecule has 1 heterocycles. The van der Waals surface area contributed by atoms with Crippen LogP contribution in [0.5, 0.6) is 5.75 Å². The number of hydrogen-bond acceptors (Lipinski definition) is 4. The van der Waals surface area contributed by atoms with Gasteiger partial charge in [0.1, 0.15) is 11.6 Å². The zero-order valence-electron chi connectivity index (χ0n) is 16.7. The Morgan fingerprint density at radius 3 is 2.57 bits per heavy atom. The molecule has 2 aromatic carbocycles. The minimum Gasteiger partial charge on any atom is -0.482 e. The Hall–Kier alpha value is -2.60. The predicted octanol–water partition coefficient (Wildman–Crippen LogP) is 3.22. The summed E-state index contributed by atoms with van der Waals surface area (Å²) < 4.78 is 18.8. The molecule has 2 N–H and O–H groups in total. The first-order chi connectivity index (χ1) is 13.3. The van der Waals surface area contributed by atoms with Crippen LogP contribution in [-0.2, 0) is 11.3 Å². The number of hydrogen-bond donors (Lipinski definition) is 1. The Balaban J connectivity index is 1.57. The van der Waals surface area contributed by atoms with Crippen LogP contribution in [-0.4, -0.2) is 47.5 Å². The summed E-state index contributed by atoms with van der Waals surface area (Å²) in [5.74, 6) is 0.278. The Morgan fingerprint density at radius 2 is 1.86 bits per heavy atom. The van der Waals surface area contributed by atoms with Crippen molar-refractivity contribution in [2.75, 3.05) is 25.4 Å². The first-order valence-corrected chi connectivity index (χ1v) is 9.60. The molecular weight excluding hydrogens is 357 g/mol. The molecule has 6 heteroatoms. The van der Waals surface area contributed by atoms with Crippen molar-refractivity contribution in [1.29, 1.82) is 0 Å². The molecule has 5 nitrogen and oxygen atoms in total. The first-order valence-electron chi connectivity index (χ1n) is 9.60. The van der Waals surface area contributed by atoms with Crippen molar-refractivity contribution >= 4 is 11.6 Å². The van der Waals surface area contributed by atoms with Gasteiger partial charge in [0.05, 0.1) is 5.69 Å². The van der Waals surface area contributed by atoms with E-state index in [1.165, 1.54) is 12.1 Å². The van der Waals surface area contributed by atoms with E-state index in [0.29, 0.717) is 18.0 Å². The number of benzene rings is 2. The van der Waals surface area contributed by atoms with Gasteiger partial charge >= 0.3 is 0 Å². The second-order valence-electron chi connectivity index (χ2n) is 7.63.